The van der Waals surface area contributed by atoms with Crippen LogP contribution in [0.2, 0.25) is 0 Å². The van der Waals surface area contributed by atoms with Gasteiger partial charge in [-0.15, -0.1) is 0 Å². The Morgan fingerprint density at radius 1 is 0.526 bits per heavy atom. The molecule has 114 valence electrons. The maximum atomic E-state index is 13.4. The zero-order chi connectivity index (χ0) is 16.1. The summed E-state index contributed by atoms with van der Waals surface area (Å²) in [5.74, 6) is 0.382. The van der Waals surface area contributed by atoms with E-state index in [9.17, 15) is 4.79 Å². The van der Waals surface area contributed by atoms with Gasteiger partial charge in [-0.3, -0.25) is 4.79 Å². The van der Waals surface area contributed by atoms with Crippen LogP contribution in [0.3, 0.4) is 0 Å². The van der Waals surface area contributed by atoms with Crippen LogP contribution in [0.1, 0.15) is 83.1 Å². The maximum Gasteiger partial charge on any atom is 0.145 e. The minimum atomic E-state index is -0.384. The number of carbonyl (C=O) groups is 1. The highest BCUT2D eigenvalue weighted by molar-refractivity contribution is 5.91. The van der Waals surface area contributed by atoms with Gasteiger partial charge in [-0.1, -0.05) is 83.1 Å². The first-order valence-electron chi connectivity index (χ1n) is 7.45. The number of hydrogen-bond acceptors (Lipinski definition) is 1. The molecule has 0 rings (SSSR count). The van der Waals surface area contributed by atoms with Gasteiger partial charge in [-0.2, -0.15) is 0 Å². The Balaban J connectivity index is 6.55. The Morgan fingerprint density at radius 3 is 0.789 bits per heavy atom. The minimum Gasteiger partial charge on any atom is -0.298 e. The van der Waals surface area contributed by atoms with E-state index < -0.39 is 0 Å². The molecule has 0 radical (unpaired) electrons. The van der Waals surface area contributed by atoms with Crippen LogP contribution >= 0.6 is 0 Å². The van der Waals surface area contributed by atoms with Crippen LogP contribution in [0, 0.1) is 27.1 Å². The second-order valence-corrected chi connectivity index (χ2v) is 10.1. The highest BCUT2D eigenvalue weighted by Crippen LogP contribution is 2.63. The van der Waals surface area contributed by atoms with E-state index in [0.29, 0.717) is 5.78 Å². The van der Waals surface area contributed by atoms with E-state index in [1.165, 1.54) is 0 Å². The summed E-state index contributed by atoms with van der Waals surface area (Å²) in [6.45, 7) is 26.1. The summed E-state index contributed by atoms with van der Waals surface area (Å²) in [4.78, 5) is 13.4. The lowest BCUT2D eigenvalue weighted by atomic mass is 9.41. The van der Waals surface area contributed by atoms with Gasteiger partial charge in [-0.25, -0.2) is 0 Å². The third-order valence-corrected chi connectivity index (χ3v) is 4.40. The summed E-state index contributed by atoms with van der Waals surface area (Å²) >= 11 is 0. The molecule has 0 bridgehead atoms. The number of hydrogen-bond donors (Lipinski definition) is 0. The zero-order valence-electron chi connectivity index (χ0n) is 15.4. The molecule has 0 saturated carbocycles. The fraction of sp³-hybridized carbons (Fsp3) is 0.944. The molecule has 1 heteroatoms. The topological polar surface area (TPSA) is 17.1 Å². The second kappa shape index (κ2) is 4.60. The molecule has 0 aliphatic carbocycles. The van der Waals surface area contributed by atoms with Gasteiger partial charge in [0.25, 0.3) is 0 Å². The van der Waals surface area contributed by atoms with Gasteiger partial charge in [-0.05, 0) is 16.2 Å². The highest BCUT2D eigenvalue weighted by Gasteiger charge is 2.63. The van der Waals surface area contributed by atoms with Crippen molar-refractivity contribution in [2.45, 2.75) is 83.1 Å². The highest BCUT2D eigenvalue weighted by atomic mass is 16.1. The molecule has 0 fully saturated rings. The van der Waals surface area contributed by atoms with Gasteiger partial charge in [0.1, 0.15) is 5.78 Å². The van der Waals surface area contributed by atoms with E-state index in [4.69, 9.17) is 0 Å². The Kier molecular flexibility index (Phi) is 4.52. The number of rotatable bonds is 1. The summed E-state index contributed by atoms with van der Waals surface area (Å²) in [6, 6.07) is 0. The molecular formula is C18H36O. The van der Waals surface area contributed by atoms with E-state index in [0.717, 1.165) is 0 Å². The smallest absolute Gasteiger partial charge is 0.145 e. The van der Waals surface area contributed by atoms with E-state index in [2.05, 4.69) is 62.3 Å². The molecule has 0 N–H and O–H groups in total. The molecule has 0 saturated heterocycles. The van der Waals surface area contributed by atoms with Gasteiger partial charge in [0, 0.05) is 10.8 Å². The lowest BCUT2D eigenvalue weighted by Gasteiger charge is -2.61. The van der Waals surface area contributed by atoms with Crippen molar-refractivity contribution in [1.82, 2.24) is 0 Å². The largest absolute Gasteiger partial charge is 0.298 e. The first-order chi connectivity index (χ1) is 7.90. The van der Waals surface area contributed by atoms with Crippen molar-refractivity contribution in [2.24, 2.45) is 27.1 Å². The van der Waals surface area contributed by atoms with Crippen molar-refractivity contribution < 1.29 is 4.79 Å². The molecule has 0 unspecified atom stereocenters. The molecule has 0 aliphatic rings. The van der Waals surface area contributed by atoms with Crippen molar-refractivity contribution in [3.05, 3.63) is 0 Å². The summed E-state index contributed by atoms with van der Waals surface area (Å²) in [5.41, 5.74) is -0.978. The average molecular weight is 268 g/mol. The second-order valence-electron chi connectivity index (χ2n) is 10.1. The minimum absolute atomic E-state index is 0.0894. The molecule has 0 atom stereocenters. The maximum absolute atomic E-state index is 13.4. The molecular weight excluding hydrogens is 232 g/mol. The van der Waals surface area contributed by atoms with E-state index in [1.54, 1.807) is 0 Å². The predicted molar refractivity (Wildman–Crippen MR) is 85.3 cm³/mol. The van der Waals surface area contributed by atoms with Crippen molar-refractivity contribution in [3.8, 4) is 0 Å². The van der Waals surface area contributed by atoms with Crippen LogP contribution in [-0.2, 0) is 4.79 Å². The molecule has 0 aromatic carbocycles. The van der Waals surface area contributed by atoms with Gasteiger partial charge < -0.3 is 0 Å². The molecule has 1 nitrogen and oxygen atoms in total. The number of ketones is 1. The van der Waals surface area contributed by atoms with Gasteiger partial charge in [0.2, 0.25) is 0 Å². The third kappa shape index (κ3) is 2.90. The fourth-order valence-corrected chi connectivity index (χ4v) is 4.96. The number of Topliss-reactive ketones (excluding diaryl/α,β-unsaturated/α-hetero) is 1. The van der Waals surface area contributed by atoms with Crippen LogP contribution in [0.15, 0.2) is 0 Å². The van der Waals surface area contributed by atoms with Crippen LogP contribution in [-0.4, -0.2) is 5.78 Å². The Morgan fingerprint density at radius 2 is 0.737 bits per heavy atom. The molecule has 0 aromatic rings. The summed E-state index contributed by atoms with van der Waals surface area (Å²) in [6.07, 6.45) is 0. The quantitative estimate of drug-likeness (QED) is 0.594. The summed E-state index contributed by atoms with van der Waals surface area (Å²) in [5, 5.41) is 0. The number of carbonyl (C=O) groups excluding carboxylic acids is 1. The molecule has 0 aliphatic heterocycles. The standard InChI is InChI=1S/C18H36O/c1-14(2,3)13(19)18(15(4,5)6,16(7,8)9)17(10,11)12/h1-12H3. The van der Waals surface area contributed by atoms with Gasteiger partial charge in [0.15, 0.2) is 0 Å². The molecule has 0 spiro atoms. The first-order valence-corrected chi connectivity index (χ1v) is 7.45. The molecule has 19 heavy (non-hydrogen) atoms. The van der Waals surface area contributed by atoms with Crippen LogP contribution in [0.4, 0.5) is 0 Å². The van der Waals surface area contributed by atoms with Crippen LogP contribution in [0.5, 0.6) is 0 Å². The summed E-state index contributed by atoms with van der Waals surface area (Å²) < 4.78 is 0. The van der Waals surface area contributed by atoms with E-state index in [-0.39, 0.29) is 27.1 Å². The fourth-order valence-electron chi connectivity index (χ4n) is 4.96. The van der Waals surface area contributed by atoms with Crippen molar-refractivity contribution >= 4 is 5.78 Å². The Labute approximate surface area is 121 Å². The lowest BCUT2D eigenvalue weighted by molar-refractivity contribution is -0.175. The first kappa shape index (κ1) is 18.7. The van der Waals surface area contributed by atoms with Crippen LogP contribution < -0.4 is 0 Å². The predicted octanol–water partition coefficient (Wildman–Crippen LogP) is 5.73. The SMILES string of the molecule is CC(C)(C)C(=O)C(C(C)(C)C)(C(C)(C)C)C(C)(C)C. The van der Waals surface area contributed by atoms with Crippen molar-refractivity contribution in [2.75, 3.05) is 0 Å². The van der Waals surface area contributed by atoms with Crippen molar-refractivity contribution in [3.63, 3.8) is 0 Å². The molecule has 0 amide bonds. The Hall–Kier alpha value is -0.330. The van der Waals surface area contributed by atoms with Crippen LogP contribution in [0.25, 0.3) is 0 Å². The molecule has 0 aromatic heterocycles. The van der Waals surface area contributed by atoms with Crippen molar-refractivity contribution in [1.29, 1.82) is 0 Å². The van der Waals surface area contributed by atoms with Gasteiger partial charge >= 0.3 is 0 Å². The summed E-state index contributed by atoms with van der Waals surface area (Å²) in [7, 11) is 0. The molecule has 0 heterocycles. The normalized spacial score (nSPS) is 15.6. The monoisotopic (exact) mass is 268 g/mol. The zero-order valence-corrected chi connectivity index (χ0v) is 15.4. The lowest BCUT2D eigenvalue weighted by Crippen LogP contribution is -2.62. The average Bonchev–Trinajstić information content (AvgIpc) is 1.92. The van der Waals surface area contributed by atoms with E-state index in [1.807, 2.05) is 20.8 Å². The van der Waals surface area contributed by atoms with E-state index >= 15 is 0 Å². The van der Waals surface area contributed by atoms with Gasteiger partial charge in [0.05, 0.1) is 0 Å². The third-order valence-electron chi connectivity index (χ3n) is 4.40. The Bertz CT molecular complexity index is 298.